The van der Waals surface area contributed by atoms with E-state index in [2.05, 4.69) is 194 Å². The van der Waals surface area contributed by atoms with Crippen LogP contribution in [0.25, 0.3) is 22.3 Å². The van der Waals surface area contributed by atoms with Crippen molar-refractivity contribution in [1.29, 1.82) is 0 Å². The van der Waals surface area contributed by atoms with Crippen LogP contribution in [0.5, 0.6) is 0 Å². The summed E-state index contributed by atoms with van der Waals surface area (Å²) in [6.45, 7) is 4.68. The third kappa shape index (κ3) is 14.4. The van der Waals surface area contributed by atoms with Gasteiger partial charge >= 0.3 is 0 Å². The zero-order valence-corrected chi connectivity index (χ0v) is 42.8. The van der Waals surface area contributed by atoms with Crippen molar-refractivity contribution >= 4 is 17.3 Å². The zero-order chi connectivity index (χ0) is 48.8. The Morgan fingerprint density at radius 3 is 0.746 bits per heavy atom. The fourth-order valence-corrected chi connectivity index (χ4v) is 8.36. The number of fused-ring (bicyclic) bond motifs is 6. The summed E-state index contributed by atoms with van der Waals surface area (Å²) in [6, 6.07) is 76.5. The minimum absolute atomic E-state index is 0.0472. The number of halogens is 1. The first-order valence-corrected chi connectivity index (χ1v) is 23.3. The van der Waals surface area contributed by atoms with Crippen LogP contribution in [0.15, 0.2) is 218 Å². The molecular formula is C62H73ClN4. The normalized spacial score (nSPS) is 12.2. The molecule has 0 fully saturated rings. The molecule has 0 amide bonds. The molecule has 2 aliphatic rings. The Hall–Kier alpha value is -6.27. The number of anilines is 1. The van der Waals surface area contributed by atoms with Crippen LogP contribution in [0.1, 0.15) is 47.2 Å². The van der Waals surface area contributed by atoms with Gasteiger partial charge in [0, 0.05) is 35.6 Å². The Morgan fingerprint density at radius 2 is 0.537 bits per heavy atom. The Balaban J connectivity index is 0.000000193. The zero-order valence-electron chi connectivity index (χ0n) is 42.0. The van der Waals surface area contributed by atoms with Gasteiger partial charge in [-0.3, -0.25) is 0 Å². The van der Waals surface area contributed by atoms with Crippen molar-refractivity contribution < 1.29 is 0 Å². The van der Waals surface area contributed by atoms with Gasteiger partial charge in [0.2, 0.25) is 0 Å². The van der Waals surface area contributed by atoms with E-state index in [1.807, 2.05) is 129 Å². The first kappa shape index (κ1) is 53.3. The van der Waals surface area contributed by atoms with E-state index in [0.717, 1.165) is 5.02 Å². The second-order valence-electron chi connectivity index (χ2n) is 17.9. The topological polar surface area (TPSA) is 21.8 Å². The second kappa shape index (κ2) is 26.8. The summed E-state index contributed by atoms with van der Waals surface area (Å²) in [4.78, 5) is 6.08. The quantitative estimate of drug-likeness (QED) is 0.191. The molecule has 4 nitrogen and oxygen atoms in total. The molecule has 2 aliphatic carbocycles. The van der Waals surface area contributed by atoms with Gasteiger partial charge in [-0.2, -0.15) is 0 Å². The van der Waals surface area contributed by atoms with E-state index in [0.29, 0.717) is 0 Å². The lowest BCUT2D eigenvalue weighted by atomic mass is 9.74. The van der Waals surface area contributed by atoms with E-state index in [9.17, 15) is 0 Å². The maximum absolute atomic E-state index is 5.54. The molecule has 0 saturated carbocycles. The number of nitrogens with zero attached hydrogens (tertiary/aromatic N) is 3. The first-order valence-electron chi connectivity index (χ1n) is 22.9. The van der Waals surface area contributed by atoms with Gasteiger partial charge in [-0.25, -0.2) is 0 Å². The third-order valence-electron chi connectivity index (χ3n) is 11.2. The Labute approximate surface area is 409 Å². The highest BCUT2D eigenvalue weighted by molar-refractivity contribution is 6.30. The molecule has 0 unspecified atom stereocenters. The maximum Gasteiger partial charge on any atom is 0.0435 e. The lowest BCUT2D eigenvalue weighted by Crippen LogP contribution is -2.22. The summed E-state index contributed by atoms with van der Waals surface area (Å²) < 4.78 is 0. The second-order valence-corrected chi connectivity index (χ2v) is 18.3. The molecule has 348 valence electrons. The minimum Gasteiger partial charge on any atom is -0.378 e. The highest BCUT2D eigenvalue weighted by Gasteiger charge is 2.41. The first-order chi connectivity index (χ1) is 32.2. The van der Waals surface area contributed by atoms with Gasteiger partial charge in [-0.05, 0) is 150 Å². The number of nitrogens with one attached hydrogen (secondary N) is 1. The van der Waals surface area contributed by atoms with Crippen molar-refractivity contribution in [3.05, 3.63) is 257 Å². The molecule has 67 heavy (non-hydrogen) atoms. The van der Waals surface area contributed by atoms with Crippen LogP contribution in [0.2, 0.25) is 5.02 Å². The van der Waals surface area contributed by atoms with Gasteiger partial charge in [0.15, 0.2) is 0 Å². The molecule has 1 N–H and O–H groups in total. The Bertz CT molecular complexity index is 2370. The predicted octanol–water partition coefficient (Wildman–Crippen LogP) is 14.3. The van der Waals surface area contributed by atoms with E-state index in [1.54, 1.807) is 0 Å². The number of hydrogen-bond donors (Lipinski definition) is 1. The molecule has 0 aromatic heterocycles. The standard InChI is InChI=1S/2C20H16.C8H11N.C6H5Cl.2C3H9N.C2H7N/c2*1-20(15-9-3-2-4-10-15)18-13-7-5-11-16(18)17-12-6-8-14-19(17)20;1-9(2)8-6-4-3-5-7-8;7-6-4-2-1-3-5-6;2*1-4(2)3;1-3-2/h2*2-14H,1H3;3-7H,1-2H3;1-5H;2*1-3H3;3H,1-2H3. The third-order valence-corrected chi connectivity index (χ3v) is 11.4. The van der Waals surface area contributed by atoms with Crippen LogP contribution in [0, 0.1) is 0 Å². The van der Waals surface area contributed by atoms with Crippen molar-refractivity contribution in [1.82, 2.24) is 15.1 Å². The van der Waals surface area contributed by atoms with Gasteiger partial charge in [0.1, 0.15) is 0 Å². The van der Waals surface area contributed by atoms with Gasteiger partial charge < -0.3 is 20.0 Å². The summed E-state index contributed by atoms with van der Waals surface area (Å²) in [5, 5.41) is 3.54. The van der Waals surface area contributed by atoms with Crippen molar-refractivity contribution in [2.45, 2.75) is 24.7 Å². The molecule has 0 bridgehead atoms. The van der Waals surface area contributed by atoms with Gasteiger partial charge in [0.05, 0.1) is 0 Å². The minimum atomic E-state index is -0.0472. The van der Waals surface area contributed by atoms with Crippen LogP contribution < -0.4 is 10.2 Å². The van der Waals surface area contributed by atoms with Crippen molar-refractivity contribution in [3.8, 4) is 22.3 Å². The number of benzene rings is 8. The van der Waals surface area contributed by atoms with Crippen molar-refractivity contribution in [2.75, 3.05) is 75.4 Å². The summed E-state index contributed by atoms with van der Waals surface area (Å²) in [7, 11) is 19.8. The van der Waals surface area contributed by atoms with E-state index in [-0.39, 0.29) is 10.8 Å². The SMILES string of the molecule is CC1(c2ccccc2)c2ccccc2-c2ccccc21.CC1(c2ccccc2)c2ccccc2-c2ccccc21.CN(C)C.CN(C)C.CN(C)c1ccccc1.CNC.Clc1ccccc1. The predicted molar refractivity (Wildman–Crippen MR) is 294 cm³/mol. The smallest absolute Gasteiger partial charge is 0.0435 e. The lowest BCUT2D eigenvalue weighted by molar-refractivity contribution is 0.505. The van der Waals surface area contributed by atoms with Crippen LogP contribution in [0.3, 0.4) is 0 Å². The fourth-order valence-electron chi connectivity index (χ4n) is 8.21. The van der Waals surface area contributed by atoms with E-state index in [4.69, 9.17) is 11.6 Å². The molecule has 0 heterocycles. The molecule has 8 aromatic rings. The molecular weight excluding hydrogens is 836 g/mol. The number of rotatable bonds is 3. The van der Waals surface area contributed by atoms with Gasteiger partial charge in [0.25, 0.3) is 0 Å². The molecule has 0 atom stereocenters. The van der Waals surface area contributed by atoms with E-state index < -0.39 is 0 Å². The molecule has 0 spiro atoms. The van der Waals surface area contributed by atoms with Crippen LogP contribution >= 0.6 is 11.6 Å². The van der Waals surface area contributed by atoms with E-state index in [1.165, 1.54) is 61.3 Å². The molecule has 0 aliphatic heterocycles. The summed E-state index contributed by atoms with van der Waals surface area (Å²) in [6.07, 6.45) is 0. The highest BCUT2D eigenvalue weighted by atomic mass is 35.5. The summed E-state index contributed by atoms with van der Waals surface area (Å²) in [5.41, 5.74) is 15.0. The summed E-state index contributed by atoms with van der Waals surface area (Å²) in [5.74, 6) is 0. The highest BCUT2D eigenvalue weighted by Crippen LogP contribution is 2.53. The van der Waals surface area contributed by atoms with Gasteiger partial charge in [-0.15, -0.1) is 0 Å². The van der Waals surface area contributed by atoms with Crippen LogP contribution in [-0.4, -0.2) is 80.3 Å². The molecule has 5 heteroatoms. The van der Waals surface area contributed by atoms with Crippen molar-refractivity contribution in [2.24, 2.45) is 0 Å². The molecule has 10 rings (SSSR count). The molecule has 0 saturated heterocycles. The van der Waals surface area contributed by atoms with Crippen molar-refractivity contribution in [3.63, 3.8) is 0 Å². The number of para-hydroxylation sites is 1. The van der Waals surface area contributed by atoms with Crippen LogP contribution in [-0.2, 0) is 10.8 Å². The maximum atomic E-state index is 5.54. The Morgan fingerprint density at radius 1 is 0.328 bits per heavy atom. The van der Waals surface area contributed by atoms with Gasteiger partial charge in [-0.1, -0.05) is 206 Å². The molecule has 0 radical (unpaired) electrons. The molecule has 8 aromatic carbocycles. The average molecular weight is 910 g/mol. The number of hydrogen-bond acceptors (Lipinski definition) is 4. The fraction of sp³-hybridized carbons (Fsp3) is 0.226. The monoisotopic (exact) mass is 909 g/mol. The Kier molecular flexibility index (Phi) is 21.3. The van der Waals surface area contributed by atoms with E-state index >= 15 is 0 Å². The lowest BCUT2D eigenvalue weighted by Gasteiger charge is -2.28. The largest absolute Gasteiger partial charge is 0.378 e. The average Bonchev–Trinajstić information content (AvgIpc) is 3.77. The van der Waals surface area contributed by atoms with Crippen LogP contribution in [0.4, 0.5) is 5.69 Å². The summed E-state index contributed by atoms with van der Waals surface area (Å²) >= 11 is 5.54.